The van der Waals surface area contributed by atoms with E-state index in [0.29, 0.717) is 19.6 Å². The van der Waals surface area contributed by atoms with E-state index in [1.807, 2.05) is 12.1 Å². The van der Waals surface area contributed by atoms with E-state index in [4.69, 9.17) is 14.6 Å². The minimum atomic E-state index is 0.106. The fourth-order valence-electron chi connectivity index (χ4n) is 1.94. The van der Waals surface area contributed by atoms with Crippen molar-refractivity contribution in [2.45, 2.75) is 13.0 Å². The van der Waals surface area contributed by atoms with E-state index in [-0.39, 0.29) is 6.61 Å². The van der Waals surface area contributed by atoms with Crippen LogP contribution in [0.5, 0.6) is 0 Å². The van der Waals surface area contributed by atoms with Gasteiger partial charge >= 0.3 is 0 Å². The highest BCUT2D eigenvalue weighted by Gasteiger charge is 2.06. The Hall–Kier alpha value is -1.38. The molecule has 4 nitrogen and oxygen atoms in total. The molecule has 0 unspecified atom stereocenters. The number of ether oxygens (including phenoxy) is 2. The second kappa shape index (κ2) is 11.3. The van der Waals surface area contributed by atoms with Crippen molar-refractivity contribution in [2.75, 3.05) is 47.1 Å². The lowest BCUT2D eigenvalue weighted by atomic mass is 10.1. The lowest BCUT2D eigenvalue weighted by Gasteiger charge is -2.21. The van der Waals surface area contributed by atoms with Crippen LogP contribution in [0.25, 0.3) is 0 Å². The SMILES string of the molecule is COCCN(CCOC)Cc1cccc(C#CCCO)c1. The van der Waals surface area contributed by atoms with E-state index in [0.717, 1.165) is 25.2 Å². The van der Waals surface area contributed by atoms with Crippen molar-refractivity contribution in [3.05, 3.63) is 35.4 Å². The fraction of sp³-hybridized carbons (Fsp3) is 0.529. The van der Waals surface area contributed by atoms with Gasteiger partial charge in [0.15, 0.2) is 0 Å². The third-order valence-electron chi connectivity index (χ3n) is 3.03. The van der Waals surface area contributed by atoms with Crippen LogP contribution in [-0.2, 0) is 16.0 Å². The second-order valence-electron chi connectivity index (χ2n) is 4.74. The molecular formula is C17H25NO3. The number of rotatable bonds is 9. The third-order valence-corrected chi connectivity index (χ3v) is 3.03. The van der Waals surface area contributed by atoms with Crippen LogP contribution in [0.2, 0.25) is 0 Å². The highest BCUT2D eigenvalue weighted by Crippen LogP contribution is 2.08. The van der Waals surface area contributed by atoms with Gasteiger partial charge < -0.3 is 14.6 Å². The Bertz CT molecular complexity index is 443. The zero-order chi connectivity index (χ0) is 15.3. The molecule has 21 heavy (non-hydrogen) atoms. The number of aliphatic hydroxyl groups excluding tert-OH is 1. The topological polar surface area (TPSA) is 41.9 Å². The molecule has 0 bridgehead atoms. The first kappa shape index (κ1) is 17.7. The summed E-state index contributed by atoms with van der Waals surface area (Å²) in [6.45, 7) is 4.12. The quantitative estimate of drug-likeness (QED) is 0.700. The highest BCUT2D eigenvalue weighted by atomic mass is 16.5. The highest BCUT2D eigenvalue weighted by molar-refractivity contribution is 5.37. The van der Waals surface area contributed by atoms with Crippen molar-refractivity contribution in [3.63, 3.8) is 0 Å². The van der Waals surface area contributed by atoms with Crippen molar-refractivity contribution in [3.8, 4) is 11.8 Å². The van der Waals surface area contributed by atoms with Gasteiger partial charge in [-0.15, -0.1) is 0 Å². The van der Waals surface area contributed by atoms with Gasteiger partial charge in [-0.25, -0.2) is 0 Å². The van der Waals surface area contributed by atoms with E-state index >= 15 is 0 Å². The maximum atomic E-state index is 8.75. The average Bonchev–Trinajstić information content (AvgIpc) is 2.50. The summed E-state index contributed by atoms with van der Waals surface area (Å²) in [7, 11) is 3.43. The maximum Gasteiger partial charge on any atom is 0.0589 e. The number of methoxy groups -OCH3 is 2. The van der Waals surface area contributed by atoms with Crippen LogP contribution in [0.4, 0.5) is 0 Å². The number of benzene rings is 1. The normalized spacial score (nSPS) is 10.5. The van der Waals surface area contributed by atoms with Crippen molar-refractivity contribution >= 4 is 0 Å². The summed E-state index contributed by atoms with van der Waals surface area (Å²) in [5, 5.41) is 8.75. The Morgan fingerprint density at radius 1 is 1.14 bits per heavy atom. The van der Waals surface area contributed by atoms with Crippen LogP contribution < -0.4 is 0 Å². The van der Waals surface area contributed by atoms with Gasteiger partial charge in [0.05, 0.1) is 19.8 Å². The van der Waals surface area contributed by atoms with E-state index in [1.54, 1.807) is 14.2 Å². The molecule has 4 heteroatoms. The van der Waals surface area contributed by atoms with Crippen molar-refractivity contribution in [2.24, 2.45) is 0 Å². The second-order valence-corrected chi connectivity index (χ2v) is 4.74. The van der Waals surface area contributed by atoms with Gasteiger partial charge in [-0.2, -0.15) is 0 Å². The number of hydrogen-bond acceptors (Lipinski definition) is 4. The zero-order valence-electron chi connectivity index (χ0n) is 13.0. The molecule has 0 aliphatic rings. The molecule has 0 aliphatic carbocycles. The van der Waals surface area contributed by atoms with Gasteiger partial charge in [-0.3, -0.25) is 4.90 Å². The lowest BCUT2D eigenvalue weighted by Crippen LogP contribution is -2.30. The molecule has 0 saturated carbocycles. The molecular weight excluding hydrogens is 266 g/mol. The molecule has 1 aromatic rings. The van der Waals surface area contributed by atoms with Gasteiger partial charge in [0.1, 0.15) is 0 Å². The van der Waals surface area contributed by atoms with Crippen LogP contribution in [0.15, 0.2) is 24.3 Å². The Kier molecular flexibility index (Phi) is 9.51. The summed E-state index contributed by atoms with van der Waals surface area (Å²) in [5.74, 6) is 6.01. The Morgan fingerprint density at radius 3 is 2.48 bits per heavy atom. The molecule has 1 N–H and O–H groups in total. The summed E-state index contributed by atoms with van der Waals surface area (Å²) >= 11 is 0. The Morgan fingerprint density at radius 2 is 1.86 bits per heavy atom. The molecule has 1 aromatic carbocycles. The van der Waals surface area contributed by atoms with E-state index in [1.165, 1.54) is 5.56 Å². The first-order valence-electron chi connectivity index (χ1n) is 7.19. The minimum Gasteiger partial charge on any atom is -0.395 e. The molecule has 0 fully saturated rings. The monoisotopic (exact) mass is 291 g/mol. The number of nitrogens with zero attached hydrogens (tertiary/aromatic N) is 1. The van der Waals surface area contributed by atoms with Crippen LogP contribution in [0.3, 0.4) is 0 Å². The zero-order valence-corrected chi connectivity index (χ0v) is 13.0. The van der Waals surface area contributed by atoms with E-state index in [9.17, 15) is 0 Å². The average molecular weight is 291 g/mol. The number of hydrogen-bond donors (Lipinski definition) is 1. The van der Waals surface area contributed by atoms with Gasteiger partial charge in [-0.1, -0.05) is 24.0 Å². The standard InChI is InChI=1S/C17H25NO3/c1-20-12-9-18(10-13-21-2)15-17-8-5-7-16(14-17)6-3-4-11-19/h5,7-8,14,19H,4,9-13,15H2,1-2H3. The van der Waals surface area contributed by atoms with Gasteiger partial charge in [0.2, 0.25) is 0 Å². The first-order chi connectivity index (χ1) is 10.3. The molecule has 116 valence electrons. The van der Waals surface area contributed by atoms with Crippen LogP contribution in [0, 0.1) is 11.8 Å². The summed E-state index contributed by atoms with van der Waals surface area (Å²) in [6, 6.07) is 8.20. The van der Waals surface area contributed by atoms with Crippen LogP contribution in [0.1, 0.15) is 17.5 Å². The molecule has 0 aliphatic heterocycles. The maximum absolute atomic E-state index is 8.75. The summed E-state index contributed by atoms with van der Waals surface area (Å²) < 4.78 is 10.3. The molecule has 0 spiro atoms. The van der Waals surface area contributed by atoms with Gasteiger partial charge in [0, 0.05) is 45.8 Å². The predicted molar refractivity (Wildman–Crippen MR) is 84.1 cm³/mol. The molecule has 0 radical (unpaired) electrons. The Labute approximate surface area is 127 Å². The van der Waals surface area contributed by atoms with E-state index < -0.39 is 0 Å². The molecule has 0 saturated heterocycles. The largest absolute Gasteiger partial charge is 0.395 e. The summed E-state index contributed by atoms with van der Waals surface area (Å²) in [4.78, 5) is 2.30. The summed E-state index contributed by atoms with van der Waals surface area (Å²) in [5.41, 5.74) is 2.21. The number of aliphatic hydroxyl groups is 1. The molecule has 0 amide bonds. The molecule has 0 heterocycles. The smallest absolute Gasteiger partial charge is 0.0589 e. The molecule has 0 aromatic heterocycles. The van der Waals surface area contributed by atoms with Gasteiger partial charge in [0.25, 0.3) is 0 Å². The van der Waals surface area contributed by atoms with Gasteiger partial charge in [-0.05, 0) is 17.7 Å². The summed E-state index contributed by atoms with van der Waals surface area (Å²) in [6.07, 6.45) is 0.512. The minimum absolute atomic E-state index is 0.106. The van der Waals surface area contributed by atoms with E-state index in [2.05, 4.69) is 28.9 Å². The lowest BCUT2D eigenvalue weighted by molar-refractivity contribution is 0.110. The van der Waals surface area contributed by atoms with Crippen molar-refractivity contribution in [1.82, 2.24) is 4.90 Å². The van der Waals surface area contributed by atoms with Crippen LogP contribution in [-0.4, -0.2) is 57.1 Å². The molecule has 1 rings (SSSR count). The first-order valence-corrected chi connectivity index (χ1v) is 7.19. The fourth-order valence-corrected chi connectivity index (χ4v) is 1.94. The van der Waals surface area contributed by atoms with Crippen molar-refractivity contribution in [1.29, 1.82) is 0 Å². The third kappa shape index (κ3) is 7.84. The predicted octanol–water partition coefficient (Wildman–Crippen LogP) is 1.52. The van der Waals surface area contributed by atoms with Crippen LogP contribution >= 0.6 is 0 Å². The molecule has 0 atom stereocenters. The van der Waals surface area contributed by atoms with Crippen molar-refractivity contribution < 1.29 is 14.6 Å². The Balaban J connectivity index is 2.65.